The molecule has 0 radical (unpaired) electrons. The van der Waals surface area contributed by atoms with E-state index in [2.05, 4.69) is 4.90 Å². The van der Waals surface area contributed by atoms with Crippen LogP contribution in [0.4, 0.5) is 13.2 Å². The van der Waals surface area contributed by atoms with Gasteiger partial charge in [-0.3, -0.25) is 4.90 Å². The first kappa shape index (κ1) is 17.3. The van der Waals surface area contributed by atoms with Gasteiger partial charge in [-0.1, -0.05) is 35.9 Å². The normalized spacial score (nSPS) is 19.4. The first-order valence-corrected chi connectivity index (χ1v) is 8.43. The Morgan fingerprint density at radius 2 is 1.67 bits per heavy atom. The Hall–Kier alpha value is -1.52. The highest BCUT2D eigenvalue weighted by Crippen LogP contribution is 2.32. The summed E-state index contributed by atoms with van der Waals surface area (Å²) < 4.78 is 38.0. The van der Waals surface area contributed by atoms with Gasteiger partial charge < -0.3 is 0 Å². The smallest absolute Gasteiger partial charge is 0.298 e. The van der Waals surface area contributed by atoms with E-state index in [1.54, 1.807) is 12.1 Å². The third-order valence-electron chi connectivity index (χ3n) is 4.53. The molecule has 1 atom stereocenters. The summed E-state index contributed by atoms with van der Waals surface area (Å²) in [6, 6.07) is 13.4. The first-order chi connectivity index (χ1) is 11.4. The fourth-order valence-corrected chi connectivity index (χ4v) is 3.39. The number of piperidine rings is 1. The molecule has 0 aliphatic carbocycles. The molecule has 128 valence electrons. The van der Waals surface area contributed by atoms with Crippen molar-refractivity contribution in [2.75, 3.05) is 13.1 Å². The average molecular weight is 354 g/mol. The molecule has 1 unspecified atom stereocenters. The van der Waals surface area contributed by atoms with Crippen LogP contribution in [0.15, 0.2) is 48.5 Å². The second-order valence-corrected chi connectivity index (χ2v) is 6.76. The highest BCUT2D eigenvalue weighted by molar-refractivity contribution is 6.30. The number of hydrogen-bond acceptors (Lipinski definition) is 1. The van der Waals surface area contributed by atoms with Crippen LogP contribution < -0.4 is 0 Å². The van der Waals surface area contributed by atoms with Gasteiger partial charge in [0.05, 0.1) is 5.56 Å². The van der Waals surface area contributed by atoms with Gasteiger partial charge in [-0.05, 0) is 60.7 Å². The van der Waals surface area contributed by atoms with E-state index < -0.39 is 11.7 Å². The molecule has 0 amide bonds. The van der Waals surface area contributed by atoms with Crippen molar-refractivity contribution in [3.05, 3.63) is 70.2 Å². The van der Waals surface area contributed by atoms with Crippen molar-refractivity contribution in [1.29, 1.82) is 0 Å². The van der Waals surface area contributed by atoms with Gasteiger partial charge in [-0.15, -0.1) is 0 Å². The molecule has 0 N–H and O–H groups in total. The molecular weight excluding hydrogens is 335 g/mol. The number of halogens is 4. The average Bonchev–Trinajstić information content (AvgIpc) is 2.57. The van der Waals surface area contributed by atoms with Crippen molar-refractivity contribution < 1.29 is 13.2 Å². The Morgan fingerprint density at radius 1 is 1.00 bits per heavy atom. The van der Waals surface area contributed by atoms with E-state index in [1.807, 2.05) is 24.3 Å². The van der Waals surface area contributed by atoms with Crippen LogP contribution in [-0.2, 0) is 12.7 Å². The summed E-state index contributed by atoms with van der Waals surface area (Å²) in [4.78, 5) is 2.36. The Kier molecular flexibility index (Phi) is 5.16. The predicted molar refractivity (Wildman–Crippen MR) is 90.1 cm³/mol. The van der Waals surface area contributed by atoms with E-state index in [1.165, 1.54) is 17.7 Å². The van der Waals surface area contributed by atoms with Gasteiger partial charge in [-0.2, -0.15) is 13.2 Å². The number of likely N-dealkylation sites (tertiary alicyclic amines) is 1. The molecule has 1 aliphatic rings. The molecule has 1 nitrogen and oxygen atoms in total. The predicted octanol–water partition coefficient (Wildman–Crippen LogP) is 5.74. The molecule has 0 saturated carbocycles. The lowest BCUT2D eigenvalue weighted by Crippen LogP contribution is -2.33. The van der Waals surface area contributed by atoms with E-state index in [0.717, 1.165) is 43.1 Å². The monoisotopic (exact) mass is 353 g/mol. The molecular formula is C19H19ClF3N. The van der Waals surface area contributed by atoms with Crippen LogP contribution in [0.1, 0.15) is 35.4 Å². The molecule has 5 heteroatoms. The summed E-state index contributed by atoms with van der Waals surface area (Å²) >= 11 is 5.91. The van der Waals surface area contributed by atoms with Crippen LogP contribution >= 0.6 is 11.6 Å². The topological polar surface area (TPSA) is 3.24 Å². The summed E-state index contributed by atoms with van der Waals surface area (Å²) in [6.07, 6.45) is -2.20. The van der Waals surface area contributed by atoms with Crippen LogP contribution in [0.3, 0.4) is 0 Å². The molecule has 1 heterocycles. The molecule has 1 saturated heterocycles. The zero-order valence-corrected chi connectivity index (χ0v) is 13.9. The van der Waals surface area contributed by atoms with E-state index in [4.69, 9.17) is 11.6 Å². The number of nitrogens with zero attached hydrogens (tertiary/aromatic N) is 1. The molecule has 2 aromatic rings. The minimum atomic E-state index is -4.27. The number of rotatable bonds is 3. The molecule has 1 fully saturated rings. The summed E-state index contributed by atoms with van der Waals surface area (Å²) in [5.41, 5.74) is 1.61. The number of benzene rings is 2. The van der Waals surface area contributed by atoms with E-state index >= 15 is 0 Å². The standard InChI is InChI=1S/C19H19ClF3N/c20-18-9-3-14(4-10-18)12-24-11-1-2-16(13-24)15-5-7-17(8-6-15)19(21,22)23/h3-10,16H,1-2,11-13H2. The van der Waals surface area contributed by atoms with Crippen molar-refractivity contribution in [3.8, 4) is 0 Å². The fraction of sp³-hybridized carbons (Fsp3) is 0.368. The molecule has 0 aromatic heterocycles. The van der Waals surface area contributed by atoms with Crippen molar-refractivity contribution in [3.63, 3.8) is 0 Å². The highest BCUT2D eigenvalue weighted by atomic mass is 35.5. The fourth-order valence-electron chi connectivity index (χ4n) is 3.26. The van der Waals surface area contributed by atoms with Crippen molar-refractivity contribution in [2.45, 2.75) is 31.5 Å². The van der Waals surface area contributed by atoms with Crippen molar-refractivity contribution in [2.24, 2.45) is 0 Å². The molecule has 0 bridgehead atoms. The Morgan fingerprint density at radius 3 is 2.29 bits per heavy atom. The minimum absolute atomic E-state index is 0.285. The van der Waals surface area contributed by atoms with Crippen LogP contribution in [0.2, 0.25) is 5.02 Å². The maximum Gasteiger partial charge on any atom is 0.416 e. The van der Waals surface area contributed by atoms with Crippen LogP contribution in [-0.4, -0.2) is 18.0 Å². The molecule has 1 aliphatic heterocycles. The maximum atomic E-state index is 12.7. The van der Waals surface area contributed by atoms with Gasteiger partial charge >= 0.3 is 6.18 Å². The number of alkyl halides is 3. The lowest BCUT2D eigenvalue weighted by molar-refractivity contribution is -0.137. The van der Waals surface area contributed by atoms with Crippen LogP contribution in [0.25, 0.3) is 0 Å². The van der Waals surface area contributed by atoms with Crippen molar-refractivity contribution in [1.82, 2.24) is 4.90 Å². The Bertz CT molecular complexity index is 665. The van der Waals surface area contributed by atoms with Gasteiger partial charge in [0.15, 0.2) is 0 Å². The first-order valence-electron chi connectivity index (χ1n) is 8.06. The Labute approximate surface area is 145 Å². The van der Waals surface area contributed by atoms with Crippen LogP contribution in [0, 0.1) is 0 Å². The molecule has 24 heavy (non-hydrogen) atoms. The van der Waals surface area contributed by atoms with Gasteiger partial charge in [0.1, 0.15) is 0 Å². The number of hydrogen-bond donors (Lipinski definition) is 0. The lowest BCUT2D eigenvalue weighted by atomic mass is 9.90. The third kappa shape index (κ3) is 4.31. The van der Waals surface area contributed by atoms with Gasteiger partial charge in [0.2, 0.25) is 0 Å². The van der Waals surface area contributed by atoms with Crippen LogP contribution in [0.5, 0.6) is 0 Å². The maximum absolute atomic E-state index is 12.7. The van der Waals surface area contributed by atoms with E-state index in [0.29, 0.717) is 0 Å². The SMILES string of the molecule is FC(F)(F)c1ccc(C2CCCN(Cc3ccc(Cl)cc3)C2)cc1. The summed E-state index contributed by atoms with van der Waals surface area (Å²) in [5, 5.41) is 0.722. The summed E-state index contributed by atoms with van der Waals surface area (Å²) in [5.74, 6) is 0.285. The molecule has 3 rings (SSSR count). The third-order valence-corrected chi connectivity index (χ3v) is 4.79. The molecule has 0 spiro atoms. The van der Waals surface area contributed by atoms with Crippen molar-refractivity contribution >= 4 is 11.6 Å². The minimum Gasteiger partial charge on any atom is -0.298 e. The molecule has 2 aromatic carbocycles. The lowest BCUT2D eigenvalue weighted by Gasteiger charge is -2.33. The van der Waals surface area contributed by atoms with Gasteiger partial charge in [0.25, 0.3) is 0 Å². The quantitative estimate of drug-likeness (QED) is 0.680. The zero-order chi connectivity index (χ0) is 17.2. The Balaban J connectivity index is 1.65. The summed E-state index contributed by atoms with van der Waals surface area (Å²) in [6.45, 7) is 2.72. The second-order valence-electron chi connectivity index (χ2n) is 6.32. The van der Waals surface area contributed by atoms with E-state index in [-0.39, 0.29) is 5.92 Å². The van der Waals surface area contributed by atoms with Gasteiger partial charge in [-0.25, -0.2) is 0 Å². The summed E-state index contributed by atoms with van der Waals surface area (Å²) in [7, 11) is 0. The highest BCUT2D eigenvalue weighted by Gasteiger charge is 2.30. The largest absolute Gasteiger partial charge is 0.416 e. The van der Waals surface area contributed by atoms with Gasteiger partial charge in [0, 0.05) is 18.1 Å². The zero-order valence-electron chi connectivity index (χ0n) is 13.2. The second kappa shape index (κ2) is 7.16. The van der Waals surface area contributed by atoms with E-state index in [9.17, 15) is 13.2 Å².